The Balaban J connectivity index is 1.58. The number of rotatable bonds is 6. The highest BCUT2D eigenvalue weighted by molar-refractivity contribution is 5.11. The van der Waals surface area contributed by atoms with Crippen molar-refractivity contribution in [3.05, 3.63) is 0 Å². The quantitative estimate of drug-likeness (QED) is 0.810. The topological polar surface area (TPSA) is 24.5 Å². The maximum Gasteiger partial charge on any atom is 0.0661 e. The first-order valence-electron chi connectivity index (χ1n) is 8.65. The van der Waals surface area contributed by atoms with E-state index in [-0.39, 0.29) is 0 Å². The molecule has 2 unspecified atom stereocenters. The van der Waals surface area contributed by atoms with Crippen molar-refractivity contribution in [3.63, 3.8) is 0 Å². The van der Waals surface area contributed by atoms with E-state index in [0.29, 0.717) is 23.1 Å². The molecule has 3 aliphatic rings. The van der Waals surface area contributed by atoms with Gasteiger partial charge in [-0.05, 0) is 59.5 Å². The number of hydrogen-bond donors (Lipinski definition) is 1. The van der Waals surface area contributed by atoms with E-state index in [1.54, 1.807) is 0 Å². The molecule has 0 aromatic carbocycles. The van der Waals surface area contributed by atoms with E-state index < -0.39 is 0 Å². The number of nitrogens with zero attached hydrogens (tertiary/aromatic N) is 1. The molecule has 0 saturated heterocycles. The first-order chi connectivity index (χ1) is 9.63. The molecule has 20 heavy (non-hydrogen) atoms. The van der Waals surface area contributed by atoms with Gasteiger partial charge in [0.05, 0.1) is 6.10 Å². The zero-order valence-corrected chi connectivity index (χ0v) is 13.6. The second kappa shape index (κ2) is 5.58. The minimum absolute atomic E-state index is 0.441. The van der Waals surface area contributed by atoms with Crippen LogP contribution in [0.3, 0.4) is 0 Å². The molecule has 3 nitrogen and oxygen atoms in total. The average molecular weight is 280 g/mol. The maximum absolute atomic E-state index is 6.02. The third-order valence-electron chi connectivity index (χ3n) is 6.60. The Kier molecular flexibility index (Phi) is 4.13. The summed E-state index contributed by atoms with van der Waals surface area (Å²) in [6.45, 7) is 4.19. The number of hydrogen-bond acceptors (Lipinski definition) is 3. The Morgan fingerprint density at radius 3 is 2.30 bits per heavy atom. The first-order valence-corrected chi connectivity index (χ1v) is 8.65. The molecular weight excluding hydrogens is 248 g/mol. The van der Waals surface area contributed by atoms with Gasteiger partial charge in [-0.3, -0.25) is 0 Å². The van der Waals surface area contributed by atoms with Gasteiger partial charge in [0.2, 0.25) is 0 Å². The van der Waals surface area contributed by atoms with Crippen LogP contribution in [0, 0.1) is 5.41 Å². The largest absolute Gasteiger partial charge is 0.378 e. The number of likely N-dealkylation sites (N-methyl/N-ethyl adjacent to an activating group) is 1. The molecule has 0 aromatic heterocycles. The van der Waals surface area contributed by atoms with E-state index in [0.717, 1.165) is 6.61 Å². The Morgan fingerprint density at radius 1 is 1.10 bits per heavy atom. The van der Waals surface area contributed by atoms with Crippen LogP contribution in [0.4, 0.5) is 0 Å². The summed E-state index contributed by atoms with van der Waals surface area (Å²) in [4.78, 5) is 2.45. The summed E-state index contributed by atoms with van der Waals surface area (Å²) in [5, 5.41) is 3.94. The zero-order valence-electron chi connectivity index (χ0n) is 13.6. The predicted molar refractivity (Wildman–Crippen MR) is 83.0 cm³/mol. The van der Waals surface area contributed by atoms with Crippen molar-refractivity contribution in [3.8, 4) is 0 Å². The number of ether oxygens (including phenoxy) is 1. The Morgan fingerprint density at radius 2 is 1.80 bits per heavy atom. The minimum atomic E-state index is 0.441. The van der Waals surface area contributed by atoms with Crippen LogP contribution >= 0.6 is 0 Å². The smallest absolute Gasteiger partial charge is 0.0661 e. The van der Waals surface area contributed by atoms with Crippen molar-refractivity contribution >= 4 is 0 Å². The fourth-order valence-electron chi connectivity index (χ4n) is 4.85. The molecule has 0 aromatic rings. The lowest BCUT2D eigenvalue weighted by Crippen LogP contribution is -2.66. The highest BCUT2D eigenvalue weighted by atomic mass is 16.5. The summed E-state index contributed by atoms with van der Waals surface area (Å²) < 4.78 is 6.02. The number of nitrogens with one attached hydrogen (secondary N) is 1. The lowest BCUT2D eigenvalue weighted by Gasteiger charge is -2.56. The zero-order chi connectivity index (χ0) is 14.2. The van der Waals surface area contributed by atoms with Crippen molar-refractivity contribution in [1.82, 2.24) is 10.2 Å². The highest BCUT2D eigenvalue weighted by Gasteiger charge is 2.57. The van der Waals surface area contributed by atoms with E-state index in [1.807, 2.05) is 0 Å². The summed E-state index contributed by atoms with van der Waals surface area (Å²) >= 11 is 0. The lowest BCUT2D eigenvalue weighted by atomic mass is 9.60. The molecule has 3 fully saturated rings. The Labute approximate surface area is 124 Å². The fraction of sp³-hybridized carbons (Fsp3) is 1.00. The van der Waals surface area contributed by atoms with Gasteiger partial charge in [-0.2, -0.15) is 0 Å². The monoisotopic (exact) mass is 280 g/mol. The third kappa shape index (κ3) is 2.22. The molecule has 1 N–H and O–H groups in total. The van der Waals surface area contributed by atoms with Crippen LogP contribution in [-0.4, -0.2) is 49.8 Å². The Hall–Kier alpha value is -0.120. The van der Waals surface area contributed by atoms with Crippen molar-refractivity contribution in [1.29, 1.82) is 0 Å². The molecular formula is C17H32N2O. The molecule has 0 bridgehead atoms. The van der Waals surface area contributed by atoms with Gasteiger partial charge in [-0.25, -0.2) is 0 Å². The van der Waals surface area contributed by atoms with Crippen LogP contribution in [0.25, 0.3) is 0 Å². The standard InChI is InChI=1S/C17H32N2O/c1-4-20-15-12-14(17(15)10-5-6-11-17)18-13-16(19(2)3)8-7-9-16/h14-15,18H,4-13H2,1-3H3. The van der Waals surface area contributed by atoms with Gasteiger partial charge in [0.1, 0.15) is 0 Å². The van der Waals surface area contributed by atoms with E-state index in [9.17, 15) is 0 Å². The molecule has 3 saturated carbocycles. The average Bonchev–Trinajstić information content (AvgIpc) is 2.86. The first kappa shape index (κ1) is 14.8. The minimum Gasteiger partial charge on any atom is -0.378 e. The van der Waals surface area contributed by atoms with Crippen LogP contribution in [0.5, 0.6) is 0 Å². The SMILES string of the molecule is CCOC1CC(NCC2(N(C)C)CCC2)C12CCCC2. The molecule has 1 spiro atoms. The molecule has 3 rings (SSSR count). The van der Waals surface area contributed by atoms with E-state index >= 15 is 0 Å². The van der Waals surface area contributed by atoms with Crippen LogP contribution in [-0.2, 0) is 4.74 Å². The van der Waals surface area contributed by atoms with Crippen molar-refractivity contribution in [2.45, 2.75) is 76.0 Å². The molecule has 3 heteroatoms. The molecule has 0 amide bonds. The van der Waals surface area contributed by atoms with E-state index in [1.165, 1.54) is 57.9 Å². The van der Waals surface area contributed by atoms with Gasteiger partial charge in [0.25, 0.3) is 0 Å². The molecule has 3 aliphatic carbocycles. The van der Waals surface area contributed by atoms with E-state index in [4.69, 9.17) is 4.74 Å². The third-order valence-corrected chi connectivity index (χ3v) is 6.60. The molecule has 116 valence electrons. The second-order valence-electron chi connectivity index (χ2n) is 7.53. The second-order valence-corrected chi connectivity index (χ2v) is 7.53. The molecule has 0 radical (unpaired) electrons. The fourth-order valence-corrected chi connectivity index (χ4v) is 4.85. The van der Waals surface area contributed by atoms with Gasteiger partial charge in [-0.1, -0.05) is 12.8 Å². The summed E-state index contributed by atoms with van der Waals surface area (Å²) in [5.74, 6) is 0. The lowest BCUT2D eigenvalue weighted by molar-refractivity contribution is -0.133. The van der Waals surface area contributed by atoms with Crippen LogP contribution in [0.1, 0.15) is 58.3 Å². The van der Waals surface area contributed by atoms with Crippen molar-refractivity contribution in [2.24, 2.45) is 5.41 Å². The summed E-state index contributed by atoms with van der Waals surface area (Å²) in [7, 11) is 4.49. The van der Waals surface area contributed by atoms with Gasteiger partial charge in [0.15, 0.2) is 0 Å². The van der Waals surface area contributed by atoms with Gasteiger partial charge in [-0.15, -0.1) is 0 Å². The summed E-state index contributed by atoms with van der Waals surface area (Å²) in [5.41, 5.74) is 0.920. The molecule has 0 aliphatic heterocycles. The van der Waals surface area contributed by atoms with Gasteiger partial charge >= 0.3 is 0 Å². The van der Waals surface area contributed by atoms with Crippen LogP contribution in [0.2, 0.25) is 0 Å². The van der Waals surface area contributed by atoms with Crippen molar-refractivity contribution < 1.29 is 4.74 Å². The summed E-state index contributed by atoms with van der Waals surface area (Å²) in [6.07, 6.45) is 11.5. The van der Waals surface area contributed by atoms with Crippen molar-refractivity contribution in [2.75, 3.05) is 27.2 Å². The molecule has 2 atom stereocenters. The molecule has 0 heterocycles. The maximum atomic E-state index is 6.02. The van der Waals surface area contributed by atoms with Gasteiger partial charge in [0, 0.05) is 30.1 Å². The van der Waals surface area contributed by atoms with Crippen LogP contribution in [0.15, 0.2) is 0 Å². The van der Waals surface area contributed by atoms with Crippen LogP contribution < -0.4 is 5.32 Å². The Bertz CT molecular complexity index is 332. The summed E-state index contributed by atoms with van der Waals surface area (Å²) in [6, 6.07) is 0.707. The predicted octanol–water partition coefficient (Wildman–Crippen LogP) is 2.80. The normalized spacial score (nSPS) is 34.2. The van der Waals surface area contributed by atoms with Gasteiger partial charge < -0.3 is 15.0 Å². The van der Waals surface area contributed by atoms with E-state index in [2.05, 4.69) is 31.2 Å². The highest BCUT2D eigenvalue weighted by Crippen LogP contribution is 2.55.